The minimum Gasteiger partial charge on any atom is -0.335 e. The first-order chi connectivity index (χ1) is 13.1. The zero-order chi connectivity index (χ0) is 18.8. The second-order valence-electron chi connectivity index (χ2n) is 6.48. The van der Waals surface area contributed by atoms with Crippen LogP contribution in [0.2, 0.25) is 0 Å². The van der Waals surface area contributed by atoms with E-state index in [0.29, 0.717) is 42.8 Å². The van der Waals surface area contributed by atoms with Gasteiger partial charge in [0.1, 0.15) is 5.82 Å². The Labute approximate surface area is 156 Å². The number of aromatic nitrogens is 1. The number of para-hydroxylation sites is 1. The standard InChI is InChI=1S/C21H18FN3O2/c22-17-7-1-5-16(14-17)20(26)24-10-12-25(13-11-24)21(27)18-8-2-4-15-6-3-9-23-19(15)18/h1-9,14H,10-13H2. The average Bonchev–Trinajstić information content (AvgIpc) is 2.72. The monoisotopic (exact) mass is 363 g/mol. The van der Waals surface area contributed by atoms with E-state index in [1.54, 1.807) is 28.1 Å². The first-order valence-corrected chi connectivity index (χ1v) is 8.81. The molecule has 0 spiro atoms. The maximum absolute atomic E-state index is 13.3. The number of amides is 2. The number of fused-ring (bicyclic) bond motifs is 1. The number of pyridine rings is 1. The van der Waals surface area contributed by atoms with Crippen LogP contribution >= 0.6 is 0 Å². The summed E-state index contributed by atoms with van der Waals surface area (Å²) in [5.41, 5.74) is 1.58. The molecule has 4 rings (SSSR count). The zero-order valence-electron chi connectivity index (χ0n) is 14.6. The van der Waals surface area contributed by atoms with Gasteiger partial charge in [-0.15, -0.1) is 0 Å². The molecule has 3 aromatic rings. The quantitative estimate of drug-likeness (QED) is 0.703. The maximum Gasteiger partial charge on any atom is 0.256 e. The molecule has 1 aromatic heterocycles. The third-order valence-electron chi connectivity index (χ3n) is 4.79. The van der Waals surface area contributed by atoms with E-state index in [2.05, 4.69) is 4.98 Å². The molecule has 0 unspecified atom stereocenters. The molecule has 0 aliphatic carbocycles. The Balaban J connectivity index is 1.47. The van der Waals surface area contributed by atoms with Gasteiger partial charge < -0.3 is 9.80 Å². The number of benzene rings is 2. The first kappa shape index (κ1) is 17.1. The Morgan fingerprint density at radius 2 is 1.52 bits per heavy atom. The van der Waals surface area contributed by atoms with Crippen molar-refractivity contribution in [2.24, 2.45) is 0 Å². The highest BCUT2D eigenvalue weighted by Gasteiger charge is 2.26. The Bertz CT molecular complexity index is 1010. The number of nitrogens with zero attached hydrogens (tertiary/aromatic N) is 3. The van der Waals surface area contributed by atoms with E-state index in [-0.39, 0.29) is 11.8 Å². The molecule has 1 saturated heterocycles. The van der Waals surface area contributed by atoms with E-state index in [0.717, 1.165) is 5.39 Å². The lowest BCUT2D eigenvalue weighted by Gasteiger charge is -2.35. The van der Waals surface area contributed by atoms with Gasteiger partial charge in [-0.3, -0.25) is 14.6 Å². The van der Waals surface area contributed by atoms with Crippen molar-refractivity contribution < 1.29 is 14.0 Å². The number of halogens is 1. The SMILES string of the molecule is O=C(c1cccc(F)c1)N1CCN(C(=O)c2cccc3cccnc23)CC1. The van der Waals surface area contributed by atoms with Crippen molar-refractivity contribution in [3.8, 4) is 0 Å². The highest BCUT2D eigenvalue weighted by Crippen LogP contribution is 2.19. The second-order valence-corrected chi connectivity index (χ2v) is 6.48. The Morgan fingerprint density at radius 3 is 2.26 bits per heavy atom. The van der Waals surface area contributed by atoms with Crippen LogP contribution in [0, 0.1) is 5.82 Å². The van der Waals surface area contributed by atoms with E-state index in [1.807, 2.05) is 24.3 Å². The predicted molar refractivity (Wildman–Crippen MR) is 100.0 cm³/mol. The molecule has 0 radical (unpaired) electrons. The van der Waals surface area contributed by atoms with E-state index in [1.165, 1.54) is 18.2 Å². The minimum atomic E-state index is -0.432. The molecule has 2 amide bonds. The van der Waals surface area contributed by atoms with Crippen molar-refractivity contribution in [3.63, 3.8) is 0 Å². The van der Waals surface area contributed by atoms with Crippen molar-refractivity contribution in [2.45, 2.75) is 0 Å². The molecular formula is C21H18FN3O2. The Kier molecular flexibility index (Phi) is 4.54. The summed E-state index contributed by atoms with van der Waals surface area (Å²) in [5, 5.41) is 0.920. The molecule has 27 heavy (non-hydrogen) atoms. The largest absolute Gasteiger partial charge is 0.335 e. The average molecular weight is 363 g/mol. The highest BCUT2D eigenvalue weighted by atomic mass is 19.1. The smallest absolute Gasteiger partial charge is 0.256 e. The van der Waals surface area contributed by atoms with Crippen LogP contribution in [0.5, 0.6) is 0 Å². The summed E-state index contributed by atoms with van der Waals surface area (Å²) in [6.45, 7) is 1.70. The number of piperazine rings is 1. The summed E-state index contributed by atoms with van der Waals surface area (Å²) < 4.78 is 13.3. The van der Waals surface area contributed by atoms with Crippen molar-refractivity contribution in [3.05, 3.63) is 77.7 Å². The predicted octanol–water partition coefficient (Wildman–Crippen LogP) is 2.97. The summed E-state index contributed by atoms with van der Waals surface area (Å²) in [6, 6.07) is 15.0. The summed E-state index contributed by atoms with van der Waals surface area (Å²) in [6.07, 6.45) is 1.68. The van der Waals surface area contributed by atoms with Gasteiger partial charge in [0.15, 0.2) is 0 Å². The molecule has 6 heteroatoms. The van der Waals surface area contributed by atoms with Gasteiger partial charge in [0.2, 0.25) is 0 Å². The van der Waals surface area contributed by atoms with Gasteiger partial charge >= 0.3 is 0 Å². The summed E-state index contributed by atoms with van der Waals surface area (Å²) in [5.74, 6) is -0.733. The molecule has 0 saturated carbocycles. The van der Waals surface area contributed by atoms with Crippen LogP contribution in [0.1, 0.15) is 20.7 Å². The lowest BCUT2D eigenvalue weighted by atomic mass is 10.1. The zero-order valence-corrected chi connectivity index (χ0v) is 14.6. The van der Waals surface area contributed by atoms with Gasteiger partial charge in [-0.1, -0.05) is 24.3 Å². The summed E-state index contributed by atoms with van der Waals surface area (Å²) >= 11 is 0. The van der Waals surface area contributed by atoms with Crippen molar-refractivity contribution >= 4 is 22.7 Å². The highest BCUT2D eigenvalue weighted by molar-refractivity contribution is 6.05. The molecule has 1 aliphatic rings. The fourth-order valence-corrected chi connectivity index (χ4v) is 3.36. The van der Waals surface area contributed by atoms with Crippen LogP contribution < -0.4 is 0 Å². The molecule has 2 aromatic carbocycles. The molecule has 1 fully saturated rings. The first-order valence-electron chi connectivity index (χ1n) is 8.81. The molecule has 0 N–H and O–H groups in total. The van der Waals surface area contributed by atoms with E-state index in [9.17, 15) is 14.0 Å². The molecule has 0 bridgehead atoms. The maximum atomic E-state index is 13.3. The van der Waals surface area contributed by atoms with Crippen LogP contribution in [0.25, 0.3) is 10.9 Å². The number of hydrogen-bond acceptors (Lipinski definition) is 3. The topological polar surface area (TPSA) is 53.5 Å². The fraction of sp³-hybridized carbons (Fsp3) is 0.190. The van der Waals surface area contributed by atoms with E-state index >= 15 is 0 Å². The molecular weight excluding hydrogens is 345 g/mol. The van der Waals surface area contributed by atoms with Crippen LogP contribution in [-0.4, -0.2) is 52.8 Å². The number of carbonyl (C=O) groups is 2. The van der Waals surface area contributed by atoms with Gasteiger partial charge in [-0.2, -0.15) is 0 Å². The lowest BCUT2D eigenvalue weighted by Crippen LogP contribution is -2.50. The summed E-state index contributed by atoms with van der Waals surface area (Å²) in [4.78, 5) is 33.2. The fourth-order valence-electron chi connectivity index (χ4n) is 3.36. The van der Waals surface area contributed by atoms with E-state index in [4.69, 9.17) is 0 Å². The van der Waals surface area contributed by atoms with E-state index < -0.39 is 5.82 Å². The second kappa shape index (κ2) is 7.15. The van der Waals surface area contributed by atoms with Crippen molar-refractivity contribution in [1.82, 2.24) is 14.8 Å². The van der Waals surface area contributed by atoms with Gasteiger partial charge in [0, 0.05) is 43.3 Å². The third kappa shape index (κ3) is 3.38. The van der Waals surface area contributed by atoms with Gasteiger partial charge in [-0.25, -0.2) is 4.39 Å². The number of hydrogen-bond donors (Lipinski definition) is 0. The Morgan fingerprint density at radius 1 is 0.852 bits per heavy atom. The van der Waals surface area contributed by atoms with Crippen LogP contribution in [0.15, 0.2) is 60.8 Å². The van der Waals surface area contributed by atoms with Gasteiger partial charge in [0.05, 0.1) is 11.1 Å². The third-order valence-corrected chi connectivity index (χ3v) is 4.79. The van der Waals surface area contributed by atoms with Crippen molar-refractivity contribution in [1.29, 1.82) is 0 Å². The molecule has 1 aliphatic heterocycles. The Hall–Kier alpha value is -3.28. The normalized spacial score (nSPS) is 14.4. The molecule has 5 nitrogen and oxygen atoms in total. The van der Waals surface area contributed by atoms with Crippen molar-refractivity contribution in [2.75, 3.05) is 26.2 Å². The number of carbonyl (C=O) groups excluding carboxylic acids is 2. The lowest BCUT2D eigenvalue weighted by molar-refractivity contribution is 0.0536. The van der Waals surface area contributed by atoms with Gasteiger partial charge in [0.25, 0.3) is 11.8 Å². The van der Waals surface area contributed by atoms with Crippen LogP contribution in [-0.2, 0) is 0 Å². The summed E-state index contributed by atoms with van der Waals surface area (Å²) in [7, 11) is 0. The van der Waals surface area contributed by atoms with Crippen LogP contribution in [0.3, 0.4) is 0 Å². The van der Waals surface area contributed by atoms with Crippen LogP contribution in [0.4, 0.5) is 4.39 Å². The minimum absolute atomic E-state index is 0.0860. The van der Waals surface area contributed by atoms with Gasteiger partial charge in [-0.05, 0) is 30.3 Å². The number of rotatable bonds is 2. The molecule has 136 valence electrons. The molecule has 0 atom stereocenters. The molecule has 2 heterocycles.